The van der Waals surface area contributed by atoms with E-state index in [1.165, 1.54) is 0 Å². The van der Waals surface area contributed by atoms with E-state index in [2.05, 4.69) is 77.4 Å². The minimum atomic E-state index is -0.486. The molecule has 0 spiro atoms. The fraction of sp³-hybridized carbons (Fsp3) is 0. The summed E-state index contributed by atoms with van der Waals surface area (Å²) in [5, 5.41) is 8.10. The van der Waals surface area contributed by atoms with E-state index in [0.717, 1.165) is 65.4 Å². The maximum atomic E-state index is 8.81. The van der Waals surface area contributed by atoms with Gasteiger partial charge in [0.25, 0.3) is 0 Å². The average Bonchev–Trinajstić information content (AvgIpc) is 3.82. The molecule has 3 heterocycles. The predicted molar refractivity (Wildman–Crippen MR) is 213 cm³/mol. The largest absolute Gasteiger partial charge is 0.455 e. The number of aromatic nitrogens is 4. The van der Waals surface area contributed by atoms with Gasteiger partial charge in [-0.25, -0.2) is 15.0 Å². The van der Waals surface area contributed by atoms with Crippen molar-refractivity contribution in [3.05, 3.63) is 170 Å². The first kappa shape index (κ1) is 24.1. The molecule has 0 bridgehead atoms. The van der Waals surface area contributed by atoms with Crippen molar-refractivity contribution in [2.75, 3.05) is 0 Å². The van der Waals surface area contributed by atoms with Gasteiger partial charge in [0.15, 0.2) is 17.5 Å². The van der Waals surface area contributed by atoms with Crippen molar-refractivity contribution in [2.45, 2.75) is 0 Å². The Balaban J connectivity index is 1.29. The summed E-state index contributed by atoms with van der Waals surface area (Å²) >= 11 is 0. The second-order valence-electron chi connectivity index (χ2n) is 12.8. The van der Waals surface area contributed by atoms with Gasteiger partial charge in [-0.1, -0.05) is 152 Å². The molecule has 8 aromatic carbocycles. The van der Waals surface area contributed by atoms with E-state index in [-0.39, 0.29) is 29.3 Å². The molecule has 0 atom stereocenters. The Morgan fingerprint density at radius 1 is 0.500 bits per heavy atom. The summed E-state index contributed by atoms with van der Waals surface area (Å²) in [7, 11) is 0. The van der Waals surface area contributed by atoms with Crippen LogP contribution in [0, 0.1) is 0 Å². The van der Waals surface area contributed by atoms with E-state index in [9.17, 15) is 0 Å². The highest BCUT2D eigenvalue weighted by molar-refractivity contribution is 6.24. The van der Waals surface area contributed by atoms with Crippen LogP contribution in [-0.2, 0) is 0 Å². The second kappa shape index (κ2) is 11.2. The van der Waals surface area contributed by atoms with E-state index in [1.807, 2.05) is 66.7 Å². The van der Waals surface area contributed by atoms with Gasteiger partial charge in [-0.05, 0) is 29.0 Å². The Hall–Kier alpha value is -7.11. The van der Waals surface area contributed by atoms with Crippen LogP contribution < -0.4 is 0 Å². The Morgan fingerprint density at radius 2 is 1.19 bits per heavy atom. The van der Waals surface area contributed by atoms with Crippen LogP contribution in [0.25, 0.3) is 105 Å². The molecule has 0 aliphatic carbocycles. The van der Waals surface area contributed by atoms with Gasteiger partial charge in [-0.2, -0.15) is 0 Å². The molecule has 11 aromatic rings. The molecule has 0 aliphatic rings. The van der Waals surface area contributed by atoms with Gasteiger partial charge in [-0.15, -0.1) is 0 Å². The Morgan fingerprint density at radius 3 is 2.06 bits per heavy atom. The molecule has 242 valence electrons. The normalized spacial score (nSPS) is 13.2. The molecule has 52 heavy (non-hydrogen) atoms. The third kappa shape index (κ3) is 4.26. The smallest absolute Gasteiger partial charge is 0.164 e. The number of fused-ring (bicyclic) bond motifs is 10. The molecule has 0 amide bonds. The molecule has 0 radical (unpaired) electrons. The summed E-state index contributed by atoms with van der Waals surface area (Å²) in [6.45, 7) is 0. The SMILES string of the molecule is [2H]c1c([2H])c([2H])c(-c2nc(-c3ccccc3)nc(-c3cccc4c3cc(-n3c5ccccc5c5ccc6ccccc6c53)c3c5ccccc5oc43)n2)c([2H])c1[2H]. The highest BCUT2D eigenvalue weighted by Crippen LogP contribution is 2.45. The van der Waals surface area contributed by atoms with Gasteiger partial charge < -0.3 is 8.98 Å². The Kier molecular flexibility index (Phi) is 5.19. The van der Waals surface area contributed by atoms with Crippen molar-refractivity contribution in [2.24, 2.45) is 0 Å². The standard InChI is InChI=1S/C47H28N4O/c1-3-15-30(16-4-1)45-48-46(31-17-5-2-6-18-31)50-47(49-45)36-23-13-22-35-38(36)28-40(42-37-21-10-12-25-41(37)52-44(35)42)51-39-24-11-9-20-33(39)34-27-26-29-14-7-8-19-32(29)43(34)51/h1-28H/i1D,3D,4D,15D,16D. The van der Waals surface area contributed by atoms with Crippen molar-refractivity contribution in [1.29, 1.82) is 0 Å². The van der Waals surface area contributed by atoms with Gasteiger partial charge >= 0.3 is 0 Å². The number of hydrogen-bond donors (Lipinski definition) is 0. The maximum Gasteiger partial charge on any atom is 0.164 e. The third-order valence-electron chi connectivity index (χ3n) is 9.92. The van der Waals surface area contributed by atoms with Crippen LogP contribution >= 0.6 is 0 Å². The Bertz CT molecular complexity index is 3460. The minimum absolute atomic E-state index is 0.0215. The molecule has 0 aliphatic heterocycles. The molecule has 0 saturated carbocycles. The number of benzene rings is 8. The number of furan rings is 1. The maximum absolute atomic E-state index is 8.81. The van der Waals surface area contributed by atoms with Crippen LogP contribution in [0.4, 0.5) is 0 Å². The number of hydrogen-bond acceptors (Lipinski definition) is 4. The molecule has 0 fully saturated rings. The monoisotopic (exact) mass is 669 g/mol. The predicted octanol–water partition coefficient (Wildman–Crippen LogP) is 12.2. The lowest BCUT2D eigenvalue weighted by molar-refractivity contribution is 0.672. The fourth-order valence-electron chi connectivity index (χ4n) is 7.66. The highest BCUT2D eigenvalue weighted by Gasteiger charge is 2.23. The van der Waals surface area contributed by atoms with Crippen molar-refractivity contribution < 1.29 is 11.3 Å². The van der Waals surface area contributed by atoms with Crippen molar-refractivity contribution in [3.8, 4) is 39.9 Å². The molecule has 0 saturated heterocycles. The molecule has 3 aromatic heterocycles. The van der Waals surface area contributed by atoms with Crippen LogP contribution in [0.5, 0.6) is 0 Å². The number of rotatable bonds is 4. The van der Waals surface area contributed by atoms with Crippen molar-refractivity contribution in [3.63, 3.8) is 0 Å². The van der Waals surface area contributed by atoms with Crippen LogP contribution in [0.15, 0.2) is 174 Å². The molecule has 0 unspecified atom stereocenters. The van der Waals surface area contributed by atoms with Crippen LogP contribution in [0.1, 0.15) is 6.85 Å². The first-order valence-corrected chi connectivity index (χ1v) is 17.0. The molecule has 5 nitrogen and oxygen atoms in total. The molecule has 0 N–H and O–H groups in total. The van der Waals surface area contributed by atoms with Crippen LogP contribution in [0.2, 0.25) is 0 Å². The second-order valence-corrected chi connectivity index (χ2v) is 12.8. The van der Waals surface area contributed by atoms with E-state index in [0.29, 0.717) is 22.5 Å². The third-order valence-corrected chi connectivity index (χ3v) is 9.92. The Labute approximate surface area is 305 Å². The zero-order valence-electron chi connectivity index (χ0n) is 32.5. The average molecular weight is 670 g/mol. The van der Waals surface area contributed by atoms with Gasteiger partial charge in [0.05, 0.1) is 29.0 Å². The van der Waals surface area contributed by atoms with Gasteiger partial charge in [0, 0.05) is 43.6 Å². The lowest BCUT2D eigenvalue weighted by Gasteiger charge is -2.15. The van der Waals surface area contributed by atoms with E-state index in [1.54, 1.807) is 0 Å². The topological polar surface area (TPSA) is 56.7 Å². The number of nitrogens with zero attached hydrogens (tertiary/aromatic N) is 4. The molecule has 5 heteroatoms. The van der Waals surface area contributed by atoms with Gasteiger partial charge in [0.2, 0.25) is 0 Å². The number of para-hydroxylation sites is 2. The first-order valence-electron chi connectivity index (χ1n) is 19.5. The lowest BCUT2D eigenvalue weighted by atomic mass is 9.98. The minimum Gasteiger partial charge on any atom is -0.455 e. The summed E-state index contributed by atoms with van der Waals surface area (Å²) in [5.74, 6) is 0.565. The summed E-state index contributed by atoms with van der Waals surface area (Å²) in [6, 6.07) is 44.6. The summed E-state index contributed by atoms with van der Waals surface area (Å²) < 4.78 is 51.8. The van der Waals surface area contributed by atoms with Crippen LogP contribution in [0.3, 0.4) is 0 Å². The van der Waals surface area contributed by atoms with E-state index >= 15 is 0 Å². The lowest BCUT2D eigenvalue weighted by Crippen LogP contribution is -2.01. The quantitative estimate of drug-likeness (QED) is 0.187. The van der Waals surface area contributed by atoms with Crippen LogP contribution in [-0.4, -0.2) is 19.5 Å². The fourth-order valence-corrected chi connectivity index (χ4v) is 7.66. The zero-order valence-corrected chi connectivity index (χ0v) is 27.5. The zero-order chi connectivity index (χ0) is 38.5. The van der Waals surface area contributed by atoms with E-state index < -0.39 is 18.1 Å². The van der Waals surface area contributed by atoms with Crippen molar-refractivity contribution >= 4 is 65.3 Å². The summed E-state index contributed by atoms with van der Waals surface area (Å²) in [4.78, 5) is 14.7. The van der Waals surface area contributed by atoms with E-state index in [4.69, 9.17) is 26.2 Å². The first-order chi connectivity index (χ1) is 27.9. The highest BCUT2D eigenvalue weighted by atomic mass is 16.3. The molecule has 11 rings (SSSR count). The summed E-state index contributed by atoms with van der Waals surface area (Å²) in [6.07, 6.45) is 0. The van der Waals surface area contributed by atoms with Crippen molar-refractivity contribution in [1.82, 2.24) is 19.5 Å². The van der Waals surface area contributed by atoms with Gasteiger partial charge in [-0.3, -0.25) is 0 Å². The molecular formula is C47H28N4O. The summed E-state index contributed by atoms with van der Waals surface area (Å²) in [5.41, 5.74) is 5.75. The molecular weight excluding hydrogens is 637 g/mol. The van der Waals surface area contributed by atoms with Gasteiger partial charge in [0.1, 0.15) is 11.2 Å².